The Bertz CT molecular complexity index is 426. The Balaban J connectivity index is 2.47. The van der Waals surface area contributed by atoms with Gasteiger partial charge in [-0.1, -0.05) is 0 Å². The summed E-state index contributed by atoms with van der Waals surface area (Å²) in [6.45, 7) is 0.0470. The van der Waals surface area contributed by atoms with Gasteiger partial charge in [0.05, 0.1) is 0 Å². The minimum Gasteiger partial charge on any atom is -0.490 e. The van der Waals surface area contributed by atoms with Crippen molar-refractivity contribution in [3.63, 3.8) is 0 Å². The third-order valence-corrected chi connectivity index (χ3v) is 2.10. The molecule has 1 atom stereocenters. The number of benzene rings is 1. The summed E-state index contributed by atoms with van der Waals surface area (Å²) in [6, 6.07) is 4.86. The van der Waals surface area contributed by atoms with Gasteiger partial charge in [0, 0.05) is 0 Å². The van der Waals surface area contributed by atoms with E-state index in [0.29, 0.717) is 5.75 Å². The SMILES string of the molecule is NC(F)(I)C=CCOc1ccc(OC(F)(F)F)cc1. The van der Waals surface area contributed by atoms with Crippen molar-refractivity contribution in [2.24, 2.45) is 5.73 Å². The van der Waals surface area contributed by atoms with Gasteiger partial charge in [0.1, 0.15) is 18.1 Å². The van der Waals surface area contributed by atoms with Crippen LogP contribution >= 0.6 is 22.6 Å². The van der Waals surface area contributed by atoms with Crippen LogP contribution in [0.4, 0.5) is 17.6 Å². The maximum absolute atomic E-state index is 12.8. The molecule has 19 heavy (non-hydrogen) atoms. The van der Waals surface area contributed by atoms with Gasteiger partial charge in [-0.25, -0.2) is 4.39 Å². The molecule has 0 aromatic heterocycles. The largest absolute Gasteiger partial charge is 0.573 e. The van der Waals surface area contributed by atoms with Crippen molar-refractivity contribution in [2.75, 3.05) is 6.61 Å². The third-order valence-electron chi connectivity index (χ3n) is 1.74. The van der Waals surface area contributed by atoms with Crippen LogP contribution in [0.25, 0.3) is 0 Å². The fraction of sp³-hybridized carbons (Fsp3) is 0.273. The lowest BCUT2D eigenvalue weighted by atomic mass is 10.3. The highest BCUT2D eigenvalue weighted by Crippen LogP contribution is 2.24. The van der Waals surface area contributed by atoms with E-state index in [1.54, 1.807) is 0 Å². The lowest BCUT2D eigenvalue weighted by Crippen LogP contribution is -2.22. The number of ether oxygens (including phenoxy) is 2. The summed E-state index contributed by atoms with van der Waals surface area (Å²) in [5, 5.41) is 0. The summed E-state index contributed by atoms with van der Waals surface area (Å²) >= 11 is 1.39. The zero-order valence-corrected chi connectivity index (χ0v) is 11.6. The monoisotopic (exact) mass is 391 g/mol. The highest BCUT2D eigenvalue weighted by molar-refractivity contribution is 14.1. The Kier molecular flexibility index (Phi) is 5.41. The van der Waals surface area contributed by atoms with Gasteiger partial charge in [0.25, 0.3) is 0 Å². The Hall–Kier alpha value is -1.03. The zero-order valence-electron chi connectivity index (χ0n) is 9.45. The van der Waals surface area contributed by atoms with Crippen LogP contribution in [0.15, 0.2) is 36.4 Å². The Morgan fingerprint density at radius 1 is 1.11 bits per heavy atom. The second-order valence-corrected chi connectivity index (χ2v) is 5.06. The maximum atomic E-state index is 12.8. The standard InChI is InChI=1S/C11H10F4INO2/c12-10(16,17)6-1-7-18-8-2-4-9(5-3-8)19-11(13,14)15/h1-6H,7,17H2. The highest BCUT2D eigenvalue weighted by Gasteiger charge is 2.30. The summed E-state index contributed by atoms with van der Waals surface area (Å²) in [5.74, 6) is -0.0125. The van der Waals surface area contributed by atoms with Crippen LogP contribution in [0.1, 0.15) is 0 Å². The molecule has 1 rings (SSSR count). The molecule has 1 aromatic rings. The lowest BCUT2D eigenvalue weighted by molar-refractivity contribution is -0.274. The average Bonchev–Trinajstić information content (AvgIpc) is 2.23. The van der Waals surface area contributed by atoms with E-state index in [9.17, 15) is 17.6 Å². The fourth-order valence-electron chi connectivity index (χ4n) is 1.09. The van der Waals surface area contributed by atoms with Crippen LogP contribution in [-0.2, 0) is 0 Å². The van der Waals surface area contributed by atoms with Crippen molar-refractivity contribution in [3.8, 4) is 11.5 Å². The van der Waals surface area contributed by atoms with Crippen LogP contribution in [0, 0.1) is 0 Å². The first-order chi connectivity index (χ1) is 8.66. The van der Waals surface area contributed by atoms with E-state index in [1.165, 1.54) is 40.8 Å². The number of alkyl halides is 5. The second-order valence-electron chi connectivity index (χ2n) is 3.41. The summed E-state index contributed by atoms with van der Waals surface area (Å²) in [4.78, 5) is 0. The van der Waals surface area contributed by atoms with Crippen LogP contribution < -0.4 is 15.2 Å². The number of rotatable bonds is 5. The van der Waals surface area contributed by atoms with Gasteiger partial charge in [-0.2, -0.15) is 0 Å². The van der Waals surface area contributed by atoms with Crippen molar-refractivity contribution in [2.45, 2.75) is 10.2 Å². The molecule has 0 heterocycles. The summed E-state index contributed by atoms with van der Waals surface area (Å²) < 4.78 is 55.4. The van der Waals surface area contributed by atoms with Crippen LogP contribution in [0.5, 0.6) is 11.5 Å². The Morgan fingerprint density at radius 2 is 1.63 bits per heavy atom. The quantitative estimate of drug-likeness (QED) is 0.275. The van der Waals surface area contributed by atoms with Crippen LogP contribution in [0.2, 0.25) is 0 Å². The molecule has 0 bridgehead atoms. The normalized spacial score (nSPS) is 15.3. The van der Waals surface area contributed by atoms with Gasteiger partial charge in [-0.15, -0.1) is 13.2 Å². The van der Waals surface area contributed by atoms with Crippen molar-refractivity contribution in [1.29, 1.82) is 0 Å². The van der Waals surface area contributed by atoms with Crippen molar-refractivity contribution in [3.05, 3.63) is 36.4 Å². The number of nitrogens with two attached hydrogens (primary N) is 1. The van der Waals surface area contributed by atoms with Crippen molar-refractivity contribution in [1.82, 2.24) is 0 Å². The fourth-order valence-corrected chi connectivity index (χ4v) is 1.34. The highest BCUT2D eigenvalue weighted by atomic mass is 127. The van der Waals surface area contributed by atoms with Gasteiger partial charge in [-0.3, -0.25) is 5.73 Å². The molecule has 0 spiro atoms. The first kappa shape index (κ1) is 16.0. The lowest BCUT2D eigenvalue weighted by Gasteiger charge is -2.09. The topological polar surface area (TPSA) is 44.5 Å². The van der Waals surface area contributed by atoms with Crippen molar-refractivity contribution < 1.29 is 27.0 Å². The summed E-state index contributed by atoms with van der Waals surface area (Å²) in [6.07, 6.45) is -2.25. The number of hydrogen-bond donors (Lipinski definition) is 1. The van der Waals surface area contributed by atoms with E-state index in [-0.39, 0.29) is 12.4 Å². The molecule has 8 heteroatoms. The molecule has 1 aromatic carbocycles. The first-order valence-corrected chi connectivity index (χ1v) is 6.07. The molecular formula is C11H10F4INO2. The Morgan fingerprint density at radius 3 is 2.11 bits per heavy atom. The Labute approximate surface area is 120 Å². The molecule has 0 radical (unpaired) electrons. The zero-order chi connectivity index (χ0) is 14.5. The molecule has 106 valence electrons. The molecule has 1 unspecified atom stereocenters. The summed E-state index contributed by atoms with van der Waals surface area (Å²) in [5.41, 5.74) is 5.05. The van der Waals surface area contributed by atoms with Crippen LogP contribution in [0.3, 0.4) is 0 Å². The molecule has 0 amide bonds. The number of halogens is 5. The molecule has 0 aliphatic heterocycles. The minimum atomic E-state index is -4.73. The maximum Gasteiger partial charge on any atom is 0.573 e. The third kappa shape index (κ3) is 7.88. The van der Waals surface area contributed by atoms with Crippen LogP contribution in [-0.4, -0.2) is 16.8 Å². The van der Waals surface area contributed by atoms with Gasteiger partial charge < -0.3 is 9.47 Å². The van der Waals surface area contributed by atoms with E-state index >= 15 is 0 Å². The van der Waals surface area contributed by atoms with E-state index in [4.69, 9.17) is 10.5 Å². The molecule has 0 saturated heterocycles. The molecular weight excluding hydrogens is 381 g/mol. The molecule has 0 saturated carbocycles. The minimum absolute atomic E-state index is 0.0470. The van der Waals surface area contributed by atoms with E-state index in [2.05, 4.69) is 4.74 Å². The predicted octanol–water partition coefficient (Wildman–Crippen LogP) is 3.54. The second kappa shape index (κ2) is 6.42. The summed E-state index contributed by atoms with van der Waals surface area (Å²) in [7, 11) is 0. The van der Waals surface area contributed by atoms with E-state index < -0.39 is 10.2 Å². The van der Waals surface area contributed by atoms with Gasteiger partial charge in [-0.05, 0) is 59.0 Å². The predicted molar refractivity (Wildman–Crippen MR) is 69.8 cm³/mol. The van der Waals surface area contributed by atoms with Gasteiger partial charge in [0.2, 0.25) is 3.80 Å². The smallest absolute Gasteiger partial charge is 0.490 e. The molecule has 0 aliphatic carbocycles. The molecule has 3 nitrogen and oxygen atoms in total. The van der Waals surface area contributed by atoms with Crippen molar-refractivity contribution >= 4 is 22.6 Å². The van der Waals surface area contributed by atoms with Gasteiger partial charge in [0.15, 0.2) is 0 Å². The molecule has 2 N–H and O–H groups in total. The first-order valence-electron chi connectivity index (χ1n) is 4.99. The van der Waals surface area contributed by atoms with Gasteiger partial charge >= 0.3 is 6.36 Å². The van der Waals surface area contributed by atoms with E-state index in [0.717, 1.165) is 18.2 Å². The molecule has 0 fully saturated rings. The molecule has 0 aliphatic rings. The average molecular weight is 391 g/mol. The van der Waals surface area contributed by atoms with E-state index in [1.807, 2.05) is 0 Å². The number of hydrogen-bond acceptors (Lipinski definition) is 3.